The molecule has 0 radical (unpaired) electrons. The smallest absolute Gasteiger partial charge is 0.306 e. The molecule has 5 heteroatoms. The summed E-state index contributed by atoms with van der Waals surface area (Å²) in [6.45, 7) is 10.9. The van der Waals surface area contributed by atoms with E-state index < -0.39 is 5.97 Å². The van der Waals surface area contributed by atoms with Gasteiger partial charge in [0.05, 0.1) is 0 Å². The SMILES string of the molecule is CCCCCCCCCC.CCCCCCCCCCC(CCCCCCCCC)OC(=O)CCCCCCCN(C)CCCC(=O)O. The lowest BCUT2D eigenvalue weighted by atomic mass is 10.0. The van der Waals surface area contributed by atoms with Gasteiger partial charge in [0.25, 0.3) is 0 Å². The molecular formula is C43H87NO4. The van der Waals surface area contributed by atoms with Crippen LogP contribution in [0.15, 0.2) is 0 Å². The molecule has 0 spiro atoms. The number of ether oxygens (including phenoxy) is 1. The van der Waals surface area contributed by atoms with Crippen molar-refractivity contribution in [1.82, 2.24) is 4.90 Å². The molecule has 0 rings (SSSR count). The van der Waals surface area contributed by atoms with E-state index in [9.17, 15) is 9.59 Å². The van der Waals surface area contributed by atoms with Crippen LogP contribution >= 0.6 is 0 Å². The van der Waals surface area contributed by atoms with Crippen LogP contribution in [0.5, 0.6) is 0 Å². The topological polar surface area (TPSA) is 66.8 Å². The van der Waals surface area contributed by atoms with Crippen molar-refractivity contribution in [2.45, 2.75) is 246 Å². The summed E-state index contributed by atoms with van der Waals surface area (Å²) in [4.78, 5) is 25.4. The molecule has 1 unspecified atom stereocenters. The number of carbonyl (C=O) groups excluding carboxylic acids is 1. The average molecular weight is 682 g/mol. The normalized spacial score (nSPS) is 11.8. The van der Waals surface area contributed by atoms with Gasteiger partial charge in [-0.25, -0.2) is 0 Å². The maximum Gasteiger partial charge on any atom is 0.306 e. The molecule has 0 saturated carbocycles. The summed E-state index contributed by atoms with van der Waals surface area (Å²) < 4.78 is 5.98. The first-order chi connectivity index (χ1) is 23.4. The van der Waals surface area contributed by atoms with Crippen LogP contribution in [-0.4, -0.2) is 48.2 Å². The lowest BCUT2D eigenvalue weighted by Crippen LogP contribution is -2.21. The van der Waals surface area contributed by atoms with Crippen molar-refractivity contribution in [3.05, 3.63) is 0 Å². The molecule has 0 saturated heterocycles. The van der Waals surface area contributed by atoms with Crippen LogP contribution in [0.1, 0.15) is 240 Å². The molecule has 0 bridgehead atoms. The molecular weight excluding hydrogens is 594 g/mol. The molecule has 0 aliphatic heterocycles. The fourth-order valence-corrected chi connectivity index (χ4v) is 6.34. The Morgan fingerprint density at radius 3 is 1.19 bits per heavy atom. The highest BCUT2D eigenvalue weighted by molar-refractivity contribution is 5.69. The third kappa shape index (κ3) is 42.9. The first kappa shape index (κ1) is 49.0. The van der Waals surface area contributed by atoms with Gasteiger partial charge in [-0.3, -0.25) is 9.59 Å². The third-order valence-electron chi connectivity index (χ3n) is 9.62. The number of nitrogens with zero attached hydrogens (tertiary/aromatic N) is 1. The fourth-order valence-electron chi connectivity index (χ4n) is 6.34. The summed E-state index contributed by atoms with van der Waals surface area (Å²) in [5.74, 6) is -0.704. The minimum Gasteiger partial charge on any atom is -0.481 e. The number of unbranched alkanes of at least 4 members (excludes halogenated alkanes) is 24. The van der Waals surface area contributed by atoms with Gasteiger partial charge in [-0.1, -0.05) is 182 Å². The van der Waals surface area contributed by atoms with Crippen LogP contribution in [0.4, 0.5) is 0 Å². The molecule has 0 amide bonds. The van der Waals surface area contributed by atoms with Gasteiger partial charge >= 0.3 is 11.9 Å². The number of hydrogen-bond donors (Lipinski definition) is 1. The van der Waals surface area contributed by atoms with E-state index in [0.717, 1.165) is 58.0 Å². The summed E-state index contributed by atoms with van der Waals surface area (Å²) in [5, 5.41) is 8.73. The van der Waals surface area contributed by atoms with Gasteiger partial charge in [-0.05, 0) is 65.1 Å². The van der Waals surface area contributed by atoms with Crippen molar-refractivity contribution in [3.63, 3.8) is 0 Å². The zero-order chi connectivity index (χ0) is 35.8. The van der Waals surface area contributed by atoms with Crippen molar-refractivity contribution in [3.8, 4) is 0 Å². The van der Waals surface area contributed by atoms with Gasteiger partial charge in [-0.2, -0.15) is 0 Å². The van der Waals surface area contributed by atoms with E-state index in [0.29, 0.717) is 12.8 Å². The summed E-state index contributed by atoms with van der Waals surface area (Å²) in [7, 11) is 2.06. The van der Waals surface area contributed by atoms with Crippen LogP contribution < -0.4 is 0 Å². The molecule has 1 N–H and O–H groups in total. The number of esters is 1. The first-order valence-electron chi connectivity index (χ1n) is 21.5. The Balaban J connectivity index is 0. The molecule has 288 valence electrons. The summed E-state index contributed by atoms with van der Waals surface area (Å²) in [6.07, 6.45) is 40.3. The molecule has 0 aliphatic carbocycles. The van der Waals surface area contributed by atoms with E-state index >= 15 is 0 Å². The average Bonchev–Trinajstić information content (AvgIpc) is 3.06. The number of aliphatic carboxylic acids is 1. The van der Waals surface area contributed by atoms with Gasteiger partial charge in [0.1, 0.15) is 6.10 Å². The Hall–Kier alpha value is -1.10. The number of hydrogen-bond acceptors (Lipinski definition) is 4. The van der Waals surface area contributed by atoms with E-state index in [-0.39, 0.29) is 18.5 Å². The second kappa shape index (κ2) is 42.1. The van der Waals surface area contributed by atoms with E-state index in [1.165, 1.54) is 148 Å². The van der Waals surface area contributed by atoms with Gasteiger partial charge in [0, 0.05) is 12.8 Å². The van der Waals surface area contributed by atoms with E-state index in [1.807, 2.05) is 0 Å². The third-order valence-corrected chi connectivity index (χ3v) is 9.62. The van der Waals surface area contributed by atoms with Gasteiger partial charge in [0.2, 0.25) is 0 Å². The standard InChI is InChI=1S/C33H65NO4.C10H22/c1-4-6-8-10-12-14-17-21-26-31(25-20-16-13-11-9-7-5-2)38-33(37)28-22-18-15-19-23-29-34(3)30-24-27-32(35)36;1-3-5-7-9-10-8-6-4-2/h31H,4-30H2,1-3H3,(H,35,36);3-10H2,1-2H3. The van der Waals surface area contributed by atoms with Crippen molar-refractivity contribution in [1.29, 1.82) is 0 Å². The number of rotatable bonds is 37. The minimum atomic E-state index is -0.714. The number of carbonyl (C=O) groups is 2. The quantitative estimate of drug-likeness (QED) is 0.0522. The highest BCUT2D eigenvalue weighted by Crippen LogP contribution is 2.19. The van der Waals surface area contributed by atoms with Crippen LogP contribution in [0, 0.1) is 0 Å². The number of carboxylic acids is 1. The molecule has 0 aliphatic rings. The van der Waals surface area contributed by atoms with Crippen molar-refractivity contribution < 1.29 is 19.4 Å². The van der Waals surface area contributed by atoms with E-state index in [4.69, 9.17) is 9.84 Å². The largest absolute Gasteiger partial charge is 0.481 e. The molecule has 5 nitrogen and oxygen atoms in total. The Kier molecular flexibility index (Phi) is 43.0. The van der Waals surface area contributed by atoms with Crippen LogP contribution in [0.25, 0.3) is 0 Å². The highest BCUT2D eigenvalue weighted by atomic mass is 16.5. The van der Waals surface area contributed by atoms with Gasteiger partial charge in [0.15, 0.2) is 0 Å². The molecule has 0 aromatic carbocycles. The van der Waals surface area contributed by atoms with E-state index in [2.05, 4.69) is 39.6 Å². The maximum absolute atomic E-state index is 12.6. The zero-order valence-electron chi connectivity index (χ0n) is 33.4. The van der Waals surface area contributed by atoms with Crippen LogP contribution in [0.2, 0.25) is 0 Å². The predicted octanol–water partition coefficient (Wildman–Crippen LogP) is 13.9. The Bertz CT molecular complexity index is 632. The molecule has 0 fully saturated rings. The zero-order valence-corrected chi connectivity index (χ0v) is 33.4. The van der Waals surface area contributed by atoms with Crippen molar-refractivity contribution in [2.75, 3.05) is 20.1 Å². The summed E-state index contributed by atoms with van der Waals surface area (Å²) >= 11 is 0. The first-order valence-corrected chi connectivity index (χ1v) is 21.5. The molecule has 1 atom stereocenters. The Morgan fingerprint density at radius 1 is 0.458 bits per heavy atom. The lowest BCUT2D eigenvalue weighted by Gasteiger charge is -2.18. The van der Waals surface area contributed by atoms with Crippen LogP contribution in [-0.2, 0) is 14.3 Å². The maximum atomic E-state index is 12.6. The second-order valence-corrected chi connectivity index (χ2v) is 14.7. The van der Waals surface area contributed by atoms with Crippen molar-refractivity contribution in [2.24, 2.45) is 0 Å². The molecule has 0 aromatic rings. The fraction of sp³-hybridized carbons (Fsp3) is 0.953. The van der Waals surface area contributed by atoms with Gasteiger partial charge < -0.3 is 14.7 Å². The predicted molar refractivity (Wildman–Crippen MR) is 210 cm³/mol. The van der Waals surface area contributed by atoms with Crippen molar-refractivity contribution >= 4 is 11.9 Å². The second-order valence-electron chi connectivity index (χ2n) is 14.7. The summed E-state index contributed by atoms with van der Waals surface area (Å²) in [5.41, 5.74) is 0. The minimum absolute atomic E-state index is 0.00988. The molecule has 0 aromatic heterocycles. The number of carboxylic acid groups (broad SMARTS) is 1. The highest BCUT2D eigenvalue weighted by Gasteiger charge is 2.14. The molecule has 0 heterocycles. The van der Waals surface area contributed by atoms with Gasteiger partial charge in [-0.15, -0.1) is 0 Å². The van der Waals surface area contributed by atoms with E-state index in [1.54, 1.807) is 0 Å². The molecule has 48 heavy (non-hydrogen) atoms. The van der Waals surface area contributed by atoms with Crippen LogP contribution in [0.3, 0.4) is 0 Å². The lowest BCUT2D eigenvalue weighted by molar-refractivity contribution is -0.150. The Labute approximate surface area is 301 Å². The summed E-state index contributed by atoms with van der Waals surface area (Å²) in [6, 6.07) is 0. The monoisotopic (exact) mass is 682 g/mol. The Morgan fingerprint density at radius 2 is 0.792 bits per heavy atom.